The molecule has 12 rings (SSSR count). The molecule has 0 radical (unpaired) electrons. The lowest BCUT2D eigenvalue weighted by Crippen LogP contribution is -2.23. The van der Waals surface area contributed by atoms with Crippen LogP contribution >= 0.6 is 0 Å². The topological polar surface area (TPSA) is 38.6 Å². The molecule has 11 aromatic rings. The van der Waals surface area contributed by atoms with E-state index in [9.17, 15) is 5.26 Å². The van der Waals surface area contributed by atoms with Gasteiger partial charge in [-0.3, -0.25) is 0 Å². The van der Waals surface area contributed by atoms with Crippen LogP contribution in [0.2, 0.25) is 0 Å². The molecular formula is C79H84N4. The van der Waals surface area contributed by atoms with Crippen molar-refractivity contribution in [2.75, 3.05) is 0 Å². The molecule has 0 aliphatic heterocycles. The molecular weight excluding hydrogens is 1000 g/mol. The van der Waals surface area contributed by atoms with Crippen LogP contribution in [0.3, 0.4) is 0 Å². The number of fused-ring (bicyclic) bond motifs is 9. The van der Waals surface area contributed by atoms with Gasteiger partial charge in [0.1, 0.15) is 11.6 Å². The summed E-state index contributed by atoms with van der Waals surface area (Å²) in [5, 5.41) is 18.9. The van der Waals surface area contributed by atoms with Crippen LogP contribution in [0.4, 0.5) is 0 Å². The van der Waals surface area contributed by atoms with Crippen LogP contribution in [0.5, 0.6) is 0 Å². The highest BCUT2D eigenvalue weighted by Crippen LogP contribution is 2.54. The van der Waals surface area contributed by atoms with E-state index < -0.39 is 0 Å². The molecule has 8 aromatic carbocycles. The van der Waals surface area contributed by atoms with Gasteiger partial charge >= 0.3 is 0 Å². The maximum Gasteiger partial charge on any atom is 0.104 e. The second-order valence-electron chi connectivity index (χ2n) is 30.3. The number of nitriles is 1. The Bertz CT molecular complexity index is 4350. The fourth-order valence-corrected chi connectivity index (χ4v) is 13.2. The average Bonchev–Trinajstić information content (AvgIpc) is 2.40. The van der Waals surface area contributed by atoms with Crippen molar-refractivity contribution >= 4 is 60.6 Å². The van der Waals surface area contributed by atoms with E-state index in [2.05, 4.69) is 308 Å². The summed E-state index contributed by atoms with van der Waals surface area (Å²) in [6.45, 7) is 41.8. The summed E-state index contributed by atoms with van der Waals surface area (Å²) in [6, 6.07) is 60.8. The highest BCUT2D eigenvalue weighted by Gasteiger charge is 2.37. The van der Waals surface area contributed by atoms with Gasteiger partial charge in [0.15, 0.2) is 0 Å². The van der Waals surface area contributed by atoms with E-state index in [1.54, 1.807) is 0 Å². The third-order valence-electron chi connectivity index (χ3n) is 18.3. The van der Waals surface area contributed by atoms with Crippen molar-refractivity contribution in [1.29, 1.82) is 5.26 Å². The zero-order valence-corrected chi connectivity index (χ0v) is 52.7. The van der Waals surface area contributed by atoms with E-state index in [1.165, 1.54) is 60.3 Å². The normalized spacial score (nSPS) is 14.6. The molecule has 1 aliphatic carbocycles. The maximum atomic E-state index is 12.9. The van der Waals surface area contributed by atoms with Crippen LogP contribution in [0.25, 0.3) is 99.9 Å². The Morgan fingerprint density at radius 3 is 1.01 bits per heavy atom. The quantitative estimate of drug-likeness (QED) is 0.169. The van der Waals surface area contributed by atoms with Gasteiger partial charge in [-0.1, -0.05) is 222 Å². The van der Waals surface area contributed by atoms with Crippen LogP contribution in [0, 0.1) is 22.7 Å². The maximum absolute atomic E-state index is 12.9. The predicted molar refractivity (Wildman–Crippen MR) is 357 cm³/mol. The van der Waals surface area contributed by atoms with E-state index in [0.29, 0.717) is 11.5 Å². The predicted octanol–water partition coefficient (Wildman–Crippen LogP) is 21.7. The first kappa shape index (κ1) is 55.7. The summed E-state index contributed by atoms with van der Waals surface area (Å²) in [6.07, 6.45) is 5.74. The minimum atomic E-state index is -0.105. The van der Waals surface area contributed by atoms with Gasteiger partial charge in [0.2, 0.25) is 0 Å². The molecule has 83 heavy (non-hydrogen) atoms. The molecule has 0 spiro atoms. The van der Waals surface area contributed by atoms with Crippen molar-refractivity contribution in [3.8, 4) is 45.4 Å². The fourth-order valence-electron chi connectivity index (χ4n) is 13.2. The zero-order valence-electron chi connectivity index (χ0n) is 52.7. The van der Waals surface area contributed by atoms with Crippen molar-refractivity contribution in [3.05, 3.63) is 202 Å². The van der Waals surface area contributed by atoms with Crippen LogP contribution in [0.1, 0.15) is 169 Å². The highest BCUT2D eigenvalue weighted by atomic mass is 15.1. The molecule has 1 unspecified atom stereocenters. The van der Waals surface area contributed by atoms with Gasteiger partial charge in [0.05, 0.1) is 44.6 Å². The molecule has 3 heterocycles. The van der Waals surface area contributed by atoms with E-state index in [0.717, 1.165) is 79.0 Å². The number of hydrogen-bond acceptors (Lipinski definition) is 1. The van der Waals surface area contributed by atoms with Gasteiger partial charge in [-0.15, -0.1) is 0 Å². The molecule has 0 bridgehead atoms. The van der Waals surface area contributed by atoms with Gasteiger partial charge in [-0.05, 0) is 156 Å². The van der Waals surface area contributed by atoms with Gasteiger partial charge in [-0.2, -0.15) is 5.26 Å². The Hall–Kier alpha value is -7.87. The number of aromatic nitrogens is 3. The van der Waals surface area contributed by atoms with Crippen molar-refractivity contribution in [2.24, 2.45) is 11.3 Å². The number of rotatable bonds is 5. The minimum Gasteiger partial charge on any atom is -0.308 e. The first-order valence-corrected chi connectivity index (χ1v) is 30.3. The van der Waals surface area contributed by atoms with Crippen molar-refractivity contribution < 1.29 is 0 Å². The number of allylic oxidation sites excluding steroid dienone is 1. The Morgan fingerprint density at radius 1 is 0.373 bits per heavy atom. The molecule has 1 atom stereocenters. The number of hydrogen-bond donors (Lipinski definition) is 0. The second-order valence-corrected chi connectivity index (χ2v) is 30.3. The third-order valence-corrected chi connectivity index (χ3v) is 18.3. The highest BCUT2D eigenvalue weighted by molar-refractivity contribution is 6.15. The van der Waals surface area contributed by atoms with Crippen LogP contribution in [0.15, 0.2) is 158 Å². The average molecular weight is 1090 g/mol. The van der Waals surface area contributed by atoms with E-state index in [1.807, 2.05) is 0 Å². The molecule has 0 N–H and O–H groups in total. The standard InChI is InChI=1S/C79H84N4/c1-74(2,3)50-29-35-63-56(41-50)57-42-51(75(4,5)6)30-36-64(57)81(63)71-62(47-80)72(82-65-37-31-52(76(7,8)9)43-58(65)59-44-53(77(10,11)12)32-38-66(59)82)70(49-27-23-20-24-28-49)73(69(71)48-25-21-19-22-26-48)83-67-39-33-54(78(13,14)15)45-60(67)61-46-55(79(16,17)18)34-40-68(61)83/h19-43,45-46,53H,44H2,1-18H3. The first-order chi connectivity index (χ1) is 38.9. The largest absolute Gasteiger partial charge is 0.308 e. The molecule has 1 aliphatic rings. The summed E-state index contributed by atoms with van der Waals surface area (Å²) in [4.78, 5) is 0. The summed E-state index contributed by atoms with van der Waals surface area (Å²) in [5.74, 6) is 0.310. The smallest absolute Gasteiger partial charge is 0.104 e. The Morgan fingerprint density at radius 2 is 0.687 bits per heavy atom. The van der Waals surface area contributed by atoms with Crippen LogP contribution in [-0.2, 0) is 33.5 Å². The number of nitrogens with zero attached hydrogens (tertiary/aromatic N) is 4. The van der Waals surface area contributed by atoms with E-state index >= 15 is 0 Å². The monoisotopic (exact) mass is 1090 g/mol. The molecule has 0 fully saturated rings. The fraction of sp³-hybridized carbons (Fsp3) is 0.329. The minimum absolute atomic E-state index is 0.0292. The molecule has 0 saturated heterocycles. The van der Waals surface area contributed by atoms with Crippen molar-refractivity contribution in [1.82, 2.24) is 13.7 Å². The van der Waals surface area contributed by atoms with Gasteiger partial charge in [0, 0.05) is 43.8 Å². The molecule has 3 aromatic heterocycles. The lowest BCUT2D eigenvalue weighted by atomic mass is 9.74. The van der Waals surface area contributed by atoms with Crippen molar-refractivity contribution in [2.45, 2.75) is 158 Å². The molecule has 4 nitrogen and oxygen atoms in total. The summed E-state index contributed by atoms with van der Waals surface area (Å²) >= 11 is 0. The van der Waals surface area contributed by atoms with E-state index in [-0.39, 0.29) is 32.5 Å². The Balaban J connectivity index is 1.41. The Labute approximate surface area is 494 Å². The molecule has 4 heteroatoms. The van der Waals surface area contributed by atoms with Crippen molar-refractivity contribution in [3.63, 3.8) is 0 Å². The molecule has 0 saturated carbocycles. The van der Waals surface area contributed by atoms with Crippen LogP contribution in [-0.4, -0.2) is 13.7 Å². The lowest BCUT2D eigenvalue weighted by Gasteiger charge is -2.31. The summed E-state index contributed by atoms with van der Waals surface area (Å²) in [7, 11) is 0. The third kappa shape index (κ3) is 9.26. The zero-order chi connectivity index (χ0) is 59.2. The Kier molecular flexibility index (Phi) is 12.8. The summed E-state index contributed by atoms with van der Waals surface area (Å²) < 4.78 is 7.59. The lowest BCUT2D eigenvalue weighted by molar-refractivity contribution is 0.291. The summed E-state index contributed by atoms with van der Waals surface area (Å²) in [5.41, 5.74) is 21.3. The second kappa shape index (κ2) is 19.1. The number of benzene rings is 8. The van der Waals surface area contributed by atoms with Gasteiger partial charge in [0.25, 0.3) is 0 Å². The molecule has 420 valence electrons. The molecule has 0 amide bonds. The van der Waals surface area contributed by atoms with Crippen LogP contribution < -0.4 is 0 Å². The van der Waals surface area contributed by atoms with Gasteiger partial charge < -0.3 is 13.7 Å². The van der Waals surface area contributed by atoms with E-state index in [4.69, 9.17) is 0 Å². The van der Waals surface area contributed by atoms with Gasteiger partial charge in [-0.25, -0.2) is 0 Å². The first-order valence-electron chi connectivity index (χ1n) is 30.3. The SMILES string of the molecule is CC(C)(C)c1ccc2c(c1)c1c(n2-c2c(C#N)c(-n3c4ccc(C(C)(C)C)cc4c4cc(C(C)(C)C)ccc43)c(-c3ccccc3)c(-n3c4ccc(C(C)(C)C)cc4c4cc(C(C)(C)C)ccc43)c2-c2ccccc2)C=CC(C(C)(C)C)C1.